The fraction of sp³-hybridized carbons (Fsp3) is 0.429. The van der Waals surface area contributed by atoms with Crippen LogP contribution in [0.25, 0.3) is 11.0 Å². The zero-order valence-corrected chi connectivity index (χ0v) is 11.4. The minimum Gasteiger partial charge on any atom is -0.478 e. The zero-order chi connectivity index (χ0) is 14.0. The van der Waals surface area contributed by atoms with E-state index in [1.807, 2.05) is 25.3 Å². The second kappa shape index (κ2) is 5.01. The molecule has 0 saturated heterocycles. The normalized spacial score (nSPS) is 11.9. The molecule has 0 aliphatic carbocycles. The molecule has 19 heavy (non-hydrogen) atoms. The molecule has 1 heterocycles. The monoisotopic (exact) mass is 262 g/mol. The summed E-state index contributed by atoms with van der Waals surface area (Å²) in [5.74, 6) is -0.932. The van der Waals surface area contributed by atoms with Crippen LogP contribution in [0.15, 0.2) is 24.5 Å². The van der Waals surface area contributed by atoms with E-state index in [9.17, 15) is 4.79 Å². The number of aromatic nitrogens is 2. The lowest BCUT2D eigenvalue weighted by Gasteiger charge is -2.25. The van der Waals surface area contributed by atoms with E-state index in [0.717, 1.165) is 11.0 Å². The van der Waals surface area contributed by atoms with E-state index >= 15 is 0 Å². The molecule has 102 valence electrons. The van der Waals surface area contributed by atoms with Gasteiger partial charge >= 0.3 is 5.97 Å². The van der Waals surface area contributed by atoms with Gasteiger partial charge in [0.15, 0.2) is 0 Å². The Labute approximate surface area is 111 Å². The van der Waals surface area contributed by atoms with Gasteiger partial charge in [0.05, 0.1) is 35.1 Å². The van der Waals surface area contributed by atoms with E-state index in [1.54, 1.807) is 24.5 Å². The molecule has 5 nitrogen and oxygen atoms in total. The van der Waals surface area contributed by atoms with Crippen molar-refractivity contribution < 1.29 is 14.6 Å². The van der Waals surface area contributed by atoms with E-state index in [1.165, 1.54) is 0 Å². The van der Waals surface area contributed by atoms with E-state index in [2.05, 4.69) is 4.98 Å². The van der Waals surface area contributed by atoms with Crippen LogP contribution in [0.4, 0.5) is 0 Å². The van der Waals surface area contributed by atoms with Crippen LogP contribution in [0, 0.1) is 0 Å². The van der Waals surface area contributed by atoms with Gasteiger partial charge in [0.1, 0.15) is 0 Å². The Morgan fingerprint density at radius 2 is 2.21 bits per heavy atom. The molecule has 0 aliphatic rings. The third-order valence-corrected chi connectivity index (χ3v) is 2.95. The van der Waals surface area contributed by atoms with Crippen molar-refractivity contribution in [2.24, 2.45) is 0 Å². The van der Waals surface area contributed by atoms with E-state index in [-0.39, 0.29) is 11.2 Å². The summed E-state index contributed by atoms with van der Waals surface area (Å²) in [6, 6.07) is 4.94. The summed E-state index contributed by atoms with van der Waals surface area (Å²) < 4.78 is 7.59. The Hall–Kier alpha value is -1.88. The standard InChI is InChI=1S/C14H18N2O3/c1-4-19-14(2,3)8-16-9-15-11-6-5-10(13(17)18)7-12(11)16/h5-7,9H,4,8H2,1-3H3,(H,17,18). The number of hydrogen-bond donors (Lipinski definition) is 1. The summed E-state index contributed by atoms with van der Waals surface area (Å²) in [6.07, 6.45) is 1.72. The van der Waals surface area contributed by atoms with Crippen LogP contribution < -0.4 is 0 Å². The molecule has 2 rings (SSSR count). The summed E-state index contributed by atoms with van der Waals surface area (Å²) in [6.45, 7) is 7.23. The molecular formula is C14H18N2O3. The van der Waals surface area contributed by atoms with Gasteiger partial charge in [0, 0.05) is 6.61 Å². The van der Waals surface area contributed by atoms with Gasteiger partial charge in [-0.15, -0.1) is 0 Å². The Balaban J connectivity index is 2.38. The Morgan fingerprint density at radius 3 is 2.84 bits per heavy atom. The Bertz CT molecular complexity index is 602. The molecule has 0 atom stereocenters. The van der Waals surface area contributed by atoms with Gasteiger partial charge in [0.25, 0.3) is 0 Å². The lowest BCUT2D eigenvalue weighted by molar-refractivity contribution is -0.0216. The molecule has 0 spiro atoms. The molecule has 1 aromatic carbocycles. The molecular weight excluding hydrogens is 244 g/mol. The average Bonchev–Trinajstić information content (AvgIpc) is 2.71. The number of carboxylic acids is 1. The highest BCUT2D eigenvalue weighted by atomic mass is 16.5. The smallest absolute Gasteiger partial charge is 0.335 e. The van der Waals surface area contributed by atoms with Crippen LogP contribution in [0.1, 0.15) is 31.1 Å². The van der Waals surface area contributed by atoms with Crippen molar-refractivity contribution in [2.75, 3.05) is 6.61 Å². The second-order valence-electron chi connectivity index (χ2n) is 5.07. The topological polar surface area (TPSA) is 64.4 Å². The van der Waals surface area contributed by atoms with Crippen molar-refractivity contribution in [3.05, 3.63) is 30.1 Å². The van der Waals surface area contributed by atoms with Crippen LogP contribution in [0.3, 0.4) is 0 Å². The van der Waals surface area contributed by atoms with Crippen LogP contribution >= 0.6 is 0 Å². The minimum absolute atomic E-state index is 0.267. The molecule has 0 aliphatic heterocycles. The number of aromatic carboxylic acids is 1. The third kappa shape index (κ3) is 2.93. The molecule has 2 aromatic rings. The van der Waals surface area contributed by atoms with Crippen molar-refractivity contribution in [2.45, 2.75) is 32.9 Å². The highest BCUT2D eigenvalue weighted by Gasteiger charge is 2.20. The third-order valence-electron chi connectivity index (χ3n) is 2.95. The van der Waals surface area contributed by atoms with Crippen molar-refractivity contribution in [1.29, 1.82) is 0 Å². The lowest BCUT2D eigenvalue weighted by atomic mass is 10.1. The summed E-state index contributed by atoms with van der Waals surface area (Å²) in [5, 5.41) is 9.04. The summed E-state index contributed by atoms with van der Waals surface area (Å²) in [4.78, 5) is 15.3. The number of rotatable bonds is 5. The fourth-order valence-electron chi connectivity index (χ4n) is 2.16. The van der Waals surface area contributed by atoms with Gasteiger partial charge in [-0.2, -0.15) is 0 Å². The maximum absolute atomic E-state index is 11.0. The number of imidazole rings is 1. The van der Waals surface area contributed by atoms with Gasteiger partial charge in [-0.1, -0.05) is 0 Å². The molecule has 5 heteroatoms. The van der Waals surface area contributed by atoms with E-state index < -0.39 is 5.97 Å². The highest BCUT2D eigenvalue weighted by molar-refractivity contribution is 5.92. The van der Waals surface area contributed by atoms with Crippen LogP contribution in [-0.2, 0) is 11.3 Å². The maximum atomic E-state index is 11.0. The largest absolute Gasteiger partial charge is 0.478 e. The van der Waals surface area contributed by atoms with E-state index in [4.69, 9.17) is 9.84 Å². The lowest BCUT2D eigenvalue weighted by Crippen LogP contribution is -2.30. The van der Waals surface area contributed by atoms with Gasteiger partial charge in [0.2, 0.25) is 0 Å². The molecule has 0 fully saturated rings. The SMILES string of the molecule is CCOC(C)(C)Cn1cnc2ccc(C(=O)O)cc21. The molecule has 1 aromatic heterocycles. The number of ether oxygens (including phenoxy) is 1. The van der Waals surface area contributed by atoms with Crippen molar-refractivity contribution in [3.8, 4) is 0 Å². The van der Waals surface area contributed by atoms with Crippen molar-refractivity contribution >= 4 is 17.0 Å². The molecule has 0 unspecified atom stereocenters. The predicted molar refractivity (Wildman–Crippen MR) is 72.4 cm³/mol. The Kier molecular flexibility index (Phi) is 3.57. The van der Waals surface area contributed by atoms with Crippen LogP contribution in [0.5, 0.6) is 0 Å². The Morgan fingerprint density at radius 1 is 1.47 bits per heavy atom. The first-order valence-electron chi connectivity index (χ1n) is 6.25. The van der Waals surface area contributed by atoms with Gasteiger partial charge < -0.3 is 14.4 Å². The molecule has 0 saturated carbocycles. The van der Waals surface area contributed by atoms with Gasteiger partial charge in [-0.05, 0) is 39.0 Å². The number of carboxylic acid groups (broad SMARTS) is 1. The first-order chi connectivity index (χ1) is 8.93. The zero-order valence-electron chi connectivity index (χ0n) is 11.4. The fourth-order valence-corrected chi connectivity index (χ4v) is 2.16. The van der Waals surface area contributed by atoms with Crippen LogP contribution in [-0.4, -0.2) is 32.8 Å². The highest BCUT2D eigenvalue weighted by Crippen LogP contribution is 2.19. The van der Waals surface area contributed by atoms with Gasteiger partial charge in [-0.3, -0.25) is 0 Å². The summed E-state index contributed by atoms with van der Waals surface area (Å²) >= 11 is 0. The second-order valence-corrected chi connectivity index (χ2v) is 5.07. The molecule has 1 N–H and O–H groups in total. The maximum Gasteiger partial charge on any atom is 0.335 e. The number of nitrogens with zero attached hydrogens (tertiary/aromatic N) is 2. The first kappa shape index (κ1) is 13.5. The quantitative estimate of drug-likeness (QED) is 0.899. The number of benzene rings is 1. The van der Waals surface area contributed by atoms with Crippen molar-refractivity contribution in [1.82, 2.24) is 9.55 Å². The van der Waals surface area contributed by atoms with Gasteiger partial charge in [-0.25, -0.2) is 9.78 Å². The number of carbonyl (C=O) groups is 1. The summed E-state index contributed by atoms with van der Waals surface area (Å²) in [7, 11) is 0. The van der Waals surface area contributed by atoms with E-state index in [0.29, 0.717) is 13.2 Å². The number of hydrogen-bond acceptors (Lipinski definition) is 3. The number of fused-ring (bicyclic) bond motifs is 1. The summed E-state index contributed by atoms with van der Waals surface area (Å²) in [5.41, 5.74) is 1.55. The minimum atomic E-state index is -0.932. The molecule has 0 radical (unpaired) electrons. The first-order valence-corrected chi connectivity index (χ1v) is 6.25. The van der Waals surface area contributed by atoms with Crippen molar-refractivity contribution in [3.63, 3.8) is 0 Å². The molecule has 0 amide bonds. The predicted octanol–water partition coefficient (Wildman–Crippen LogP) is 2.55. The van der Waals surface area contributed by atoms with Crippen LogP contribution in [0.2, 0.25) is 0 Å². The molecule has 0 bridgehead atoms. The average molecular weight is 262 g/mol.